The van der Waals surface area contributed by atoms with Gasteiger partial charge < -0.3 is 9.88 Å². The second-order valence-corrected chi connectivity index (χ2v) is 5.70. The molecule has 1 amide bonds. The molecule has 0 bridgehead atoms. The zero-order valence-electron chi connectivity index (χ0n) is 13.7. The molecule has 0 aromatic carbocycles. The molecule has 1 N–H and O–H groups in total. The minimum atomic E-state index is -0.298. The minimum Gasteiger partial charge on any atom is -0.332 e. The number of rotatable bonds is 3. The Bertz CT molecular complexity index is 1080. The molecule has 124 valence electrons. The Morgan fingerprint density at radius 1 is 1.08 bits per heavy atom. The Morgan fingerprint density at radius 3 is 2.64 bits per heavy atom. The van der Waals surface area contributed by atoms with Gasteiger partial charge in [0, 0.05) is 38.1 Å². The number of carbonyl (C=O) groups is 1. The van der Waals surface area contributed by atoms with Crippen molar-refractivity contribution in [1.29, 1.82) is 0 Å². The molecular weight excluding hydrogens is 318 g/mol. The van der Waals surface area contributed by atoms with Gasteiger partial charge in [-0.1, -0.05) is 0 Å². The first-order chi connectivity index (χ1) is 12.1. The number of fused-ring (bicyclic) bond motifs is 1. The summed E-state index contributed by atoms with van der Waals surface area (Å²) in [4.78, 5) is 25.0. The molecule has 8 heteroatoms. The van der Waals surface area contributed by atoms with Crippen LogP contribution in [0.5, 0.6) is 0 Å². The van der Waals surface area contributed by atoms with E-state index in [2.05, 4.69) is 25.4 Å². The van der Waals surface area contributed by atoms with E-state index in [0.29, 0.717) is 11.5 Å². The third-order valence-corrected chi connectivity index (χ3v) is 3.87. The van der Waals surface area contributed by atoms with E-state index in [0.717, 1.165) is 22.2 Å². The molecule has 4 rings (SSSR count). The Balaban J connectivity index is 1.67. The first-order valence-corrected chi connectivity index (χ1v) is 7.63. The maximum absolute atomic E-state index is 12.2. The van der Waals surface area contributed by atoms with Crippen molar-refractivity contribution in [1.82, 2.24) is 29.3 Å². The zero-order chi connectivity index (χ0) is 17.4. The Morgan fingerprint density at radius 2 is 1.92 bits per heavy atom. The summed E-state index contributed by atoms with van der Waals surface area (Å²) in [6.45, 7) is 0. The number of amides is 1. The summed E-state index contributed by atoms with van der Waals surface area (Å²) in [5.41, 5.74) is 2.06. The van der Waals surface area contributed by atoms with E-state index in [-0.39, 0.29) is 5.91 Å². The van der Waals surface area contributed by atoms with E-state index >= 15 is 0 Å². The van der Waals surface area contributed by atoms with Gasteiger partial charge in [-0.3, -0.25) is 14.5 Å². The molecule has 25 heavy (non-hydrogen) atoms. The molecule has 0 aliphatic rings. The van der Waals surface area contributed by atoms with Crippen LogP contribution < -0.4 is 5.32 Å². The van der Waals surface area contributed by atoms with Gasteiger partial charge in [0.2, 0.25) is 0 Å². The maximum Gasteiger partial charge on any atom is 0.277 e. The van der Waals surface area contributed by atoms with Crippen molar-refractivity contribution in [2.45, 2.75) is 0 Å². The number of anilines is 1. The fourth-order valence-electron chi connectivity index (χ4n) is 2.57. The fourth-order valence-corrected chi connectivity index (χ4v) is 2.57. The quantitative estimate of drug-likeness (QED) is 0.619. The molecule has 8 nitrogen and oxygen atoms in total. The highest BCUT2D eigenvalue weighted by Crippen LogP contribution is 2.22. The van der Waals surface area contributed by atoms with Crippen LogP contribution in [0.3, 0.4) is 0 Å². The lowest BCUT2D eigenvalue weighted by atomic mass is 10.1. The molecule has 0 atom stereocenters. The minimum absolute atomic E-state index is 0.298. The second-order valence-electron chi connectivity index (χ2n) is 5.70. The van der Waals surface area contributed by atoms with E-state index in [9.17, 15) is 4.79 Å². The normalized spacial score (nSPS) is 11.0. The van der Waals surface area contributed by atoms with E-state index in [4.69, 9.17) is 0 Å². The number of nitrogens with zero attached hydrogens (tertiary/aromatic N) is 6. The van der Waals surface area contributed by atoms with Crippen LogP contribution in [-0.4, -0.2) is 35.2 Å². The summed E-state index contributed by atoms with van der Waals surface area (Å²) in [7, 11) is 3.68. The summed E-state index contributed by atoms with van der Waals surface area (Å²) in [6, 6.07) is 5.42. The number of imidazole rings is 1. The average molecular weight is 333 g/mol. The Kier molecular flexibility index (Phi) is 3.50. The van der Waals surface area contributed by atoms with Gasteiger partial charge >= 0.3 is 0 Å². The molecule has 4 heterocycles. The highest BCUT2D eigenvalue weighted by atomic mass is 16.2. The van der Waals surface area contributed by atoms with Crippen molar-refractivity contribution in [2.24, 2.45) is 14.1 Å². The van der Waals surface area contributed by atoms with Crippen LogP contribution in [0.1, 0.15) is 10.5 Å². The van der Waals surface area contributed by atoms with Gasteiger partial charge in [-0.15, -0.1) is 0 Å². The number of aryl methyl sites for hydroxylation is 2. The van der Waals surface area contributed by atoms with Crippen LogP contribution in [0.25, 0.3) is 22.2 Å². The number of hydrogen-bond acceptors (Lipinski definition) is 5. The van der Waals surface area contributed by atoms with Crippen molar-refractivity contribution in [3.8, 4) is 11.4 Å². The Hall–Kier alpha value is -3.55. The SMILES string of the molecule is Cn1ccc(C(=O)Nc2cc3cc(-c4cncn4C)ncc3cn2)n1. The Labute approximate surface area is 143 Å². The van der Waals surface area contributed by atoms with Gasteiger partial charge in [0.25, 0.3) is 5.91 Å². The monoisotopic (exact) mass is 333 g/mol. The highest BCUT2D eigenvalue weighted by molar-refractivity contribution is 6.03. The lowest BCUT2D eigenvalue weighted by Crippen LogP contribution is -2.14. The van der Waals surface area contributed by atoms with Gasteiger partial charge in [0.1, 0.15) is 5.82 Å². The van der Waals surface area contributed by atoms with Gasteiger partial charge in [-0.05, 0) is 23.6 Å². The summed E-state index contributed by atoms with van der Waals surface area (Å²) < 4.78 is 3.48. The van der Waals surface area contributed by atoms with Crippen LogP contribution >= 0.6 is 0 Å². The molecule has 0 fully saturated rings. The highest BCUT2D eigenvalue weighted by Gasteiger charge is 2.11. The van der Waals surface area contributed by atoms with E-state index in [1.807, 2.05) is 23.7 Å². The molecule has 4 aromatic rings. The zero-order valence-corrected chi connectivity index (χ0v) is 13.7. The predicted molar refractivity (Wildman–Crippen MR) is 92.9 cm³/mol. The fraction of sp³-hybridized carbons (Fsp3) is 0.118. The first-order valence-electron chi connectivity index (χ1n) is 7.63. The van der Waals surface area contributed by atoms with Crippen LogP contribution in [0, 0.1) is 0 Å². The molecule has 0 aliphatic heterocycles. The van der Waals surface area contributed by atoms with E-state index < -0.39 is 0 Å². The van der Waals surface area contributed by atoms with Crippen molar-refractivity contribution >= 4 is 22.5 Å². The number of pyridine rings is 2. The van der Waals surface area contributed by atoms with Crippen LogP contribution in [-0.2, 0) is 14.1 Å². The molecule has 0 radical (unpaired) electrons. The molecule has 0 saturated carbocycles. The van der Waals surface area contributed by atoms with Gasteiger partial charge in [-0.2, -0.15) is 5.10 Å². The number of carbonyl (C=O) groups excluding carboxylic acids is 1. The van der Waals surface area contributed by atoms with E-state index in [1.165, 1.54) is 0 Å². The number of aromatic nitrogens is 6. The number of hydrogen-bond donors (Lipinski definition) is 1. The number of nitrogens with one attached hydrogen (secondary N) is 1. The van der Waals surface area contributed by atoms with E-state index in [1.54, 1.807) is 48.9 Å². The predicted octanol–water partition coefficient (Wildman–Crippen LogP) is 2.02. The third kappa shape index (κ3) is 2.85. The summed E-state index contributed by atoms with van der Waals surface area (Å²) in [6.07, 6.45) is 8.65. The van der Waals surface area contributed by atoms with Crippen molar-refractivity contribution in [2.75, 3.05) is 5.32 Å². The van der Waals surface area contributed by atoms with Gasteiger partial charge in [0.05, 0.1) is 23.9 Å². The standard InChI is InChI=1S/C17H15N7O/c1-23-10-18-9-15(23)14-5-11-6-16(20-8-12(11)7-19-14)21-17(25)13-3-4-24(2)22-13/h3-10H,1-2H3,(H,20,21,25). The summed E-state index contributed by atoms with van der Waals surface area (Å²) in [5, 5.41) is 8.67. The lowest BCUT2D eigenvalue weighted by Gasteiger charge is -2.06. The van der Waals surface area contributed by atoms with Crippen LogP contribution in [0.4, 0.5) is 5.82 Å². The van der Waals surface area contributed by atoms with Crippen molar-refractivity contribution in [3.05, 3.63) is 55.0 Å². The summed E-state index contributed by atoms with van der Waals surface area (Å²) >= 11 is 0. The molecule has 0 saturated heterocycles. The molecule has 0 unspecified atom stereocenters. The molecule has 4 aromatic heterocycles. The van der Waals surface area contributed by atoms with Gasteiger partial charge in [0.15, 0.2) is 5.69 Å². The average Bonchev–Trinajstić information content (AvgIpc) is 3.22. The second kappa shape index (κ2) is 5.82. The van der Waals surface area contributed by atoms with Crippen molar-refractivity contribution < 1.29 is 4.79 Å². The third-order valence-electron chi connectivity index (χ3n) is 3.87. The van der Waals surface area contributed by atoms with Crippen LogP contribution in [0.15, 0.2) is 49.3 Å². The molecule has 0 spiro atoms. The smallest absolute Gasteiger partial charge is 0.277 e. The lowest BCUT2D eigenvalue weighted by molar-refractivity contribution is 0.102. The maximum atomic E-state index is 12.2. The van der Waals surface area contributed by atoms with Crippen molar-refractivity contribution in [3.63, 3.8) is 0 Å². The van der Waals surface area contributed by atoms with Gasteiger partial charge in [-0.25, -0.2) is 9.97 Å². The molecule has 0 aliphatic carbocycles. The topological polar surface area (TPSA) is 90.5 Å². The van der Waals surface area contributed by atoms with Crippen LogP contribution in [0.2, 0.25) is 0 Å². The largest absolute Gasteiger partial charge is 0.332 e. The molecular formula is C17H15N7O. The first kappa shape index (κ1) is 15.0. The summed E-state index contributed by atoms with van der Waals surface area (Å²) in [5.74, 6) is 0.165.